The molecule has 7 heteroatoms. The molecule has 0 radical (unpaired) electrons. The van der Waals surface area contributed by atoms with Gasteiger partial charge in [-0.1, -0.05) is 42.0 Å². The van der Waals surface area contributed by atoms with Crippen LogP contribution in [0.15, 0.2) is 42.0 Å². The SMILES string of the molecule is CN1CCC(CN2CCN(C(=O)C3C=CC=C(CN4Cc5cccc(Cl)c5C4=O)C3)CC2)CC1. The number of carbonyl (C=O) groups excluding carboxylic acids is 2. The summed E-state index contributed by atoms with van der Waals surface area (Å²) in [4.78, 5) is 35.0. The van der Waals surface area contributed by atoms with Crippen LogP contribution in [0.25, 0.3) is 0 Å². The summed E-state index contributed by atoms with van der Waals surface area (Å²) < 4.78 is 0. The number of rotatable bonds is 5. The molecule has 1 atom stereocenters. The number of benzene rings is 1. The highest BCUT2D eigenvalue weighted by molar-refractivity contribution is 6.34. The Morgan fingerprint density at radius 2 is 1.85 bits per heavy atom. The number of hydrogen-bond donors (Lipinski definition) is 0. The minimum Gasteiger partial charge on any atom is -0.340 e. The number of allylic oxidation sites excluding steroid dienone is 2. The van der Waals surface area contributed by atoms with Crippen molar-refractivity contribution in [2.45, 2.75) is 25.8 Å². The number of halogens is 1. The molecule has 182 valence electrons. The molecule has 1 aromatic carbocycles. The van der Waals surface area contributed by atoms with Crippen molar-refractivity contribution in [1.82, 2.24) is 19.6 Å². The third kappa shape index (κ3) is 5.09. The first-order valence-corrected chi connectivity index (χ1v) is 13.0. The van der Waals surface area contributed by atoms with E-state index in [1.807, 2.05) is 34.1 Å². The van der Waals surface area contributed by atoms with E-state index in [-0.39, 0.29) is 17.7 Å². The lowest BCUT2D eigenvalue weighted by molar-refractivity contribution is -0.135. The van der Waals surface area contributed by atoms with E-state index in [9.17, 15) is 9.59 Å². The summed E-state index contributed by atoms with van der Waals surface area (Å²) in [6.45, 7) is 8.26. The first-order valence-electron chi connectivity index (χ1n) is 12.6. The zero-order valence-corrected chi connectivity index (χ0v) is 20.8. The molecule has 0 saturated carbocycles. The van der Waals surface area contributed by atoms with Crippen molar-refractivity contribution in [3.8, 4) is 0 Å². The Hall–Kier alpha value is -2.15. The zero-order valence-electron chi connectivity index (χ0n) is 20.1. The van der Waals surface area contributed by atoms with Gasteiger partial charge in [-0.25, -0.2) is 0 Å². The molecule has 34 heavy (non-hydrogen) atoms. The standard InChI is InChI=1S/C27H35ClN4O2/c1-29-10-8-20(9-11-29)17-30-12-14-31(15-13-30)26(33)22-5-2-4-21(16-22)18-32-19-23-6-3-7-24(28)25(23)27(32)34/h2-7,20,22H,8-19H2,1H3. The summed E-state index contributed by atoms with van der Waals surface area (Å²) in [5.74, 6) is 0.866. The molecule has 0 bridgehead atoms. The average Bonchev–Trinajstić information content (AvgIpc) is 3.17. The van der Waals surface area contributed by atoms with Crippen molar-refractivity contribution >= 4 is 23.4 Å². The number of likely N-dealkylation sites (tertiary alicyclic amines) is 1. The molecule has 2 fully saturated rings. The monoisotopic (exact) mass is 482 g/mol. The molecular formula is C27H35ClN4O2. The Balaban J connectivity index is 1.11. The van der Waals surface area contributed by atoms with Gasteiger partial charge in [0.25, 0.3) is 5.91 Å². The van der Waals surface area contributed by atoms with Crippen molar-refractivity contribution < 1.29 is 9.59 Å². The van der Waals surface area contributed by atoms with Gasteiger partial charge in [0.1, 0.15) is 0 Å². The van der Waals surface area contributed by atoms with Crippen LogP contribution in [-0.4, -0.2) is 90.8 Å². The maximum atomic E-state index is 13.3. The molecular weight excluding hydrogens is 448 g/mol. The number of piperidine rings is 1. The van der Waals surface area contributed by atoms with Gasteiger partial charge in [-0.05, 0) is 62.5 Å². The van der Waals surface area contributed by atoms with Crippen molar-refractivity contribution in [2.75, 3.05) is 59.4 Å². The van der Waals surface area contributed by atoms with Gasteiger partial charge < -0.3 is 14.7 Å². The number of nitrogens with zero attached hydrogens (tertiary/aromatic N) is 4. The highest BCUT2D eigenvalue weighted by atomic mass is 35.5. The second kappa shape index (κ2) is 10.2. The molecule has 4 aliphatic rings. The molecule has 0 N–H and O–H groups in total. The van der Waals surface area contributed by atoms with Crippen LogP contribution in [0.2, 0.25) is 5.02 Å². The molecule has 1 aromatic rings. The summed E-state index contributed by atoms with van der Waals surface area (Å²) in [7, 11) is 2.21. The molecule has 2 amide bonds. The Labute approximate surface area is 207 Å². The van der Waals surface area contributed by atoms with E-state index in [0.29, 0.717) is 30.1 Å². The Bertz CT molecular complexity index is 990. The molecule has 0 aromatic heterocycles. The smallest absolute Gasteiger partial charge is 0.256 e. The fourth-order valence-electron chi connectivity index (χ4n) is 5.77. The predicted octanol–water partition coefficient (Wildman–Crippen LogP) is 3.28. The largest absolute Gasteiger partial charge is 0.340 e. The predicted molar refractivity (Wildman–Crippen MR) is 135 cm³/mol. The van der Waals surface area contributed by atoms with Crippen LogP contribution >= 0.6 is 11.6 Å². The highest BCUT2D eigenvalue weighted by Gasteiger charge is 2.32. The van der Waals surface area contributed by atoms with Gasteiger partial charge in [-0.3, -0.25) is 14.5 Å². The minimum absolute atomic E-state index is 0.0142. The fraction of sp³-hybridized carbons (Fsp3) is 0.556. The average molecular weight is 483 g/mol. The number of amides is 2. The second-order valence-corrected chi connectivity index (χ2v) is 10.7. The normalized spacial score (nSPS) is 24.5. The highest BCUT2D eigenvalue weighted by Crippen LogP contribution is 2.31. The van der Waals surface area contributed by atoms with E-state index >= 15 is 0 Å². The number of carbonyl (C=O) groups is 2. The molecule has 1 aliphatic carbocycles. The van der Waals surface area contributed by atoms with E-state index in [1.54, 1.807) is 6.07 Å². The zero-order chi connectivity index (χ0) is 23.7. The third-order valence-corrected chi connectivity index (χ3v) is 8.18. The number of hydrogen-bond acceptors (Lipinski definition) is 4. The molecule has 0 spiro atoms. The summed E-state index contributed by atoms with van der Waals surface area (Å²) in [6, 6.07) is 5.63. The van der Waals surface area contributed by atoms with E-state index in [1.165, 1.54) is 32.5 Å². The van der Waals surface area contributed by atoms with Gasteiger partial charge in [0.15, 0.2) is 0 Å². The van der Waals surface area contributed by atoms with Crippen LogP contribution in [0.1, 0.15) is 35.2 Å². The van der Waals surface area contributed by atoms with Gasteiger partial charge in [0, 0.05) is 45.8 Å². The van der Waals surface area contributed by atoms with Crippen molar-refractivity contribution in [3.63, 3.8) is 0 Å². The lowest BCUT2D eigenvalue weighted by atomic mass is 9.92. The molecule has 5 rings (SSSR count). The van der Waals surface area contributed by atoms with Gasteiger partial charge in [-0.15, -0.1) is 0 Å². The van der Waals surface area contributed by atoms with Crippen LogP contribution in [0.3, 0.4) is 0 Å². The van der Waals surface area contributed by atoms with E-state index < -0.39 is 0 Å². The molecule has 2 saturated heterocycles. The topological polar surface area (TPSA) is 47.1 Å². The van der Waals surface area contributed by atoms with Crippen LogP contribution in [0.4, 0.5) is 0 Å². The van der Waals surface area contributed by atoms with E-state index in [2.05, 4.69) is 22.9 Å². The van der Waals surface area contributed by atoms with E-state index in [4.69, 9.17) is 11.6 Å². The third-order valence-electron chi connectivity index (χ3n) is 7.87. The van der Waals surface area contributed by atoms with Crippen LogP contribution in [0, 0.1) is 11.8 Å². The van der Waals surface area contributed by atoms with Gasteiger partial charge >= 0.3 is 0 Å². The lowest BCUT2D eigenvalue weighted by Crippen LogP contribution is -2.51. The van der Waals surface area contributed by atoms with Gasteiger partial charge in [0.2, 0.25) is 5.91 Å². The summed E-state index contributed by atoms with van der Waals surface area (Å²) in [5, 5.41) is 0.519. The van der Waals surface area contributed by atoms with Crippen molar-refractivity contribution in [1.29, 1.82) is 0 Å². The molecule has 3 heterocycles. The minimum atomic E-state index is -0.135. The summed E-state index contributed by atoms with van der Waals surface area (Å²) in [5.41, 5.74) is 2.73. The number of fused-ring (bicyclic) bond motifs is 1. The number of piperazine rings is 1. The Kier molecular flexibility index (Phi) is 7.09. The second-order valence-electron chi connectivity index (χ2n) is 10.3. The fourth-order valence-corrected chi connectivity index (χ4v) is 6.05. The van der Waals surface area contributed by atoms with Gasteiger partial charge in [0.05, 0.1) is 16.5 Å². The Morgan fingerprint density at radius 3 is 2.59 bits per heavy atom. The quantitative estimate of drug-likeness (QED) is 0.646. The van der Waals surface area contributed by atoms with Crippen molar-refractivity contribution in [3.05, 3.63) is 58.1 Å². The van der Waals surface area contributed by atoms with E-state index in [0.717, 1.165) is 43.2 Å². The van der Waals surface area contributed by atoms with Crippen molar-refractivity contribution in [2.24, 2.45) is 11.8 Å². The Morgan fingerprint density at radius 1 is 1.09 bits per heavy atom. The van der Waals surface area contributed by atoms with Crippen LogP contribution < -0.4 is 0 Å². The summed E-state index contributed by atoms with van der Waals surface area (Å²) in [6.07, 6.45) is 9.32. The first-order chi connectivity index (χ1) is 16.5. The van der Waals surface area contributed by atoms with Crippen LogP contribution in [-0.2, 0) is 11.3 Å². The van der Waals surface area contributed by atoms with Crippen LogP contribution in [0.5, 0.6) is 0 Å². The maximum Gasteiger partial charge on any atom is 0.256 e. The molecule has 1 unspecified atom stereocenters. The summed E-state index contributed by atoms with van der Waals surface area (Å²) >= 11 is 6.27. The first kappa shape index (κ1) is 23.6. The van der Waals surface area contributed by atoms with Gasteiger partial charge in [-0.2, -0.15) is 0 Å². The lowest BCUT2D eigenvalue weighted by Gasteiger charge is -2.39. The maximum absolute atomic E-state index is 13.3. The molecule has 6 nitrogen and oxygen atoms in total. The molecule has 3 aliphatic heterocycles.